The number of carbonyl (C=O) groups excluding carboxylic acids is 1. The molecule has 21 heavy (non-hydrogen) atoms. The molecule has 0 bridgehead atoms. The zero-order valence-electron chi connectivity index (χ0n) is 11.0. The molecule has 2 rings (SSSR count). The number of amides is 1. The van der Waals surface area contributed by atoms with E-state index in [1.165, 1.54) is 36.5 Å². The van der Waals surface area contributed by atoms with E-state index < -0.39 is 24.0 Å². The Morgan fingerprint density at radius 3 is 2.62 bits per heavy atom. The molecule has 2 aromatic rings. The van der Waals surface area contributed by atoms with E-state index in [0.29, 0.717) is 5.82 Å². The standard InChI is InChI=1S/C12H13N5O4/c1-7(18)10(12(20)21)16-11(19)8-2-3-9(14-4-8)17-6-13-5-15-17/h2-7,10,18H,1H3,(H,16,19)(H,20,21)/t7-,10+/m1/s1. The lowest BCUT2D eigenvalue weighted by molar-refractivity contribution is -0.141. The van der Waals surface area contributed by atoms with Crippen molar-refractivity contribution in [3.63, 3.8) is 0 Å². The highest BCUT2D eigenvalue weighted by molar-refractivity contribution is 5.96. The fourth-order valence-electron chi connectivity index (χ4n) is 1.60. The van der Waals surface area contributed by atoms with E-state index in [9.17, 15) is 14.7 Å². The van der Waals surface area contributed by atoms with Gasteiger partial charge in [0.25, 0.3) is 5.91 Å². The summed E-state index contributed by atoms with van der Waals surface area (Å²) in [5.74, 6) is -1.49. The molecular formula is C12H13N5O4. The van der Waals surface area contributed by atoms with E-state index in [1.807, 2.05) is 0 Å². The van der Waals surface area contributed by atoms with Crippen LogP contribution in [-0.4, -0.2) is 54.0 Å². The number of carboxylic acid groups (broad SMARTS) is 1. The Hall–Kier alpha value is -2.81. The summed E-state index contributed by atoms with van der Waals surface area (Å²) in [4.78, 5) is 30.6. The zero-order chi connectivity index (χ0) is 15.4. The van der Waals surface area contributed by atoms with Crippen molar-refractivity contribution in [3.05, 3.63) is 36.5 Å². The zero-order valence-corrected chi connectivity index (χ0v) is 11.0. The fraction of sp³-hybridized carbons (Fsp3) is 0.250. The second-order valence-corrected chi connectivity index (χ2v) is 4.28. The Kier molecular flexibility index (Phi) is 4.24. The molecule has 0 spiro atoms. The maximum atomic E-state index is 11.9. The molecule has 9 heteroatoms. The first kappa shape index (κ1) is 14.6. The summed E-state index contributed by atoms with van der Waals surface area (Å²) in [5.41, 5.74) is 0.172. The normalized spacial score (nSPS) is 13.4. The van der Waals surface area contributed by atoms with Crippen molar-refractivity contribution in [1.82, 2.24) is 25.1 Å². The number of hydrogen-bond donors (Lipinski definition) is 3. The minimum absolute atomic E-state index is 0.172. The summed E-state index contributed by atoms with van der Waals surface area (Å²) < 4.78 is 1.41. The molecule has 2 heterocycles. The number of aliphatic carboxylic acids is 1. The molecule has 0 aliphatic rings. The van der Waals surface area contributed by atoms with Crippen LogP contribution in [-0.2, 0) is 4.79 Å². The summed E-state index contributed by atoms with van der Waals surface area (Å²) in [6.45, 7) is 1.28. The third kappa shape index (κ3) is 3.39. The number of hydrogen-bond acceptors (Lipinski definition) is 6. The number of nitrogens with one attached hydrogen (secondary N) is 1. The monoisotopic (exact) mass is 291 g/mol. The van der Waals surface area contributed by atoms with Gasteiger partial charge in [-0.25, -0.2) is 19.4 Å². The van der Waals surface area contributed by atoms with Crippen LogP contribution in [0.15, 0.2) is 31.0 Å². The first-order valence-electron chi connectivity index (χ1n) is 6.02. The molecule has 0 aromatic carbocycles. The van der Waals surface area contributed by atoms with Crippen molar-refractivity contribution in [3.8, 4) is 5.82 Å². The molecule has 9 nitrogen and oxygen atoms in total. The van der Waals surface area contributed by atoms with Gasteiger partial charge in [0.15, 0.2) is 11.9 Å². The highest BCUT2D eigenvalue weighted by atomic mass is 16.4. The Morgan fingerprint density at radius 1 is 1.38 bits per heavy atom. The molecule has 0 unspecified atom stereocenters. The minimum Gasteiger partial charge on any atom is -0.480 e. The molecule has 110 valence electrons. The molecule has 0 aliphatic carbocycles. The topological polar surface area (TPSA) is 130 Å². The Bertz CT molecular complexity index is 624. The Labute approximate surface area is 119 Å². The number of aromatic nitrogens is 4. The summed E-state index contributed by atoms with van der Waals surface area (Å²) in [6.07, 6.45) is 2.87. The third-order valence-electron chi connectivity index (χ3n) is 2.70. The summed E-state index contributed by atoms with van der Waals surface area (Å²) in [6, 6.07) is 1.63. The SMILES string of the molecule is C[C@@H](O)[C@H](NC(=O)c1ccc(-n2cncn2)nc1)C(=O)O. The van der Waals surface area contributed by atoms with Crippen molar-refractivity contribution in [2.45, 2.75) is 19.1 Å². The molecule has 0 saturated heterocycles. The number of nitrogens with zero attached hydrogens (tertiary/aromatic N) is 4. The summed E-state index contributed by atoms with van der Waals surface area (Å²) in [5, 5.41) is 24.3. The maximum absolute atomic E-state index is 11.9. The van der Waals surface area contributed by atoms with Crippen LogP contribution in [0.3, 0.4) is 0 Å². The van der Waals surface area contributed by atoms with Crippen molar-refractivity contribution < 1.29 is 19.8 Å². The second-order valence-electron chi connectivity index (χ2n) is 4.28. The molecule has 3 N–H and O–H groups in total. The average Bonchev–Trinajstić information content (AvgIpc) is 2.98. The number of pyridine rings is 1. The second kappa shape index (κ2) is 6.09. The van der Waals surface area contributed by atoms with Crippen LogP contribution in [0, 0.1) is 0 Å². The number of rotatable bonds is 5. The van der Waals surface area contributed by atoms with Gasteiger partial charge >= 0.3 is 5.97 Å². The van der Waals surface area contributed by atoms with Crippen LogP contribution in [0.5, 0.6) is 0 Å². The van der Waals surface area contributed by atoms with E-state index in [-0.39, 0.29) is 5.56 Å². The van der Waals surface area contributed by atoms with Crippen molar-refractivity contribution in [1.29, 1.82) is 0 Å². The molecule has 0 radical (unpaired) electrons. The van der Waals surface area contributed by atoms with Gasteiger partial charge in [-0.2, -0.15) is 5.10 Å². The highest BCUT2D eigenvalue weighted by Gasteiger charge is 2.25. The first-order chi connectivity index (χ1) is 9.99. The van der Waals surface area contributed by atoms with Crippen molar-refractivity contribution in [2.75, 3.05) is 0 Å². The highest BCUT2D eigenvalue weighted by Crippen LogP contribution is 2.05. The van der Waals surface area contributed by atoms with Gasteiger partial charge in [-0.1, -0.05) is 0 Å². The maximum Gasteiger partial charge on any atom is 0.328 e. The van der Waals surface area contributed by atoms with Crippen LogP contribution in [0.2, 0.25) is 0 Å². The van der Waals surface area contributed by atoms with E-state index in [0.717, 1.165) is 0 Å². The van der Waals surface area contributed by atoms with Gasteiger partial charge in [-0.05, 0) is 19.1 Å². The van der Waals surface area contributed by atoms with E-state index in [4.69, 9.17) is 5.11 Å². The van der Waals surface area contributed by atoms with Crippen LogP contribution in [0.1, 0.15) is 17.3 Å². The van der Waals surface area contributed by atoms with Crippen molar-refractivity contribution in [2.24, 2.45) is 0 Å². The van der Waals surface area contributed by atoms with Crippen LogP contribution >= 0.6 is 0 Å². The number of carboxylic acids is 1. The summed E-state index contributed by atoms with van der Waals surface area (Å²) in [7, 11) is 0. The van der Waals surface area contributed by atoms with Crippen LogP contribution < -0.4 is 5.32 Å². The number of carbonyl (C=O) groups is 2. The molecule has 0 saturated carbocycles. The first-order valence-corrected chi connectivity index (χ1v) is 6.02. The third-order valence-corrected chi connectivity index (χ3v) is 2.70. The lowest BCUT2D eigenvalue weighted by atomic mass is 10.1. The van der Waals surface area contributed by atoms with Gasteiger partial charge in [0, 0.05) is 6.20 Å². The van der Waals surface area contributed by atoms with Gasteiger partial charge in [0.05, 0.1) is 11.7 Å². The number of aliphatic hydroxyl groups excluding tert-OH is 1. The molecule has 0 aliphatic heterocycles. The average molecular weight is 291 g/mol. The predicted octanol–water partition coefficient (Wildman–Crippen LogP) is -0.774. The van der Waals surface area contributed by atoms with Gasteiger partial charge in [-0.15, -0.1) is 0 Å². The van der Waals surface area contributed by atoms with Gasteiger partial charge < -0.3 is 15.5 Å². The lowest BCUT2D eigenvalue weighted by Crippen LogP contribution is -2.47. The quantitative estimate of drug-likeness (QED) is 0.659. The Morgan fingerprint density at radius 2 is 2.14 bits per heavy atom. The predicted molar refractivity (Wildman–Crippen MR) is 69.7 cm³/mol. The number of aliphatic hydroxyl groups is 1. The smallest absolute Gasteiger partial charge is 0.328 e. The molecule has 2 atom stereocenters. The lowest BCUT2D eigenvalue weighted by Gasteiger charge is -2.16. The van der Waals surface area contributed by atoms with Gasteiger partial charge in [0.2, 0.25) is 0 Å². The van der Waals surface area contributed by atoms with Crippen LogP contribution in [0.25, 0.3) is 5.82 Å². The molecule has 0 fully saturated rings. The van der Waals surface area contributed by atoms with Crippen LogP contribution in [0.4, 0.5) is 0 Å². The summed E-state index contributed by atoms with van der Waals surface area (Å²) >= 11 is 0. The van der Waals surface area contributed by atoms with Gasteiger partial charge in [0.1, 0.15) is 12.7 Å². The van der Waals surface area contributed by atoms with Crippen molar-refractivity contribution >= 4 is 11.9 Å². The fourth-order valence-corrected chi connectivity index (χ4v) is 1.60. The molecule has 1 amide bonds. The molecule has 2 aromatic heterocycles. The van der Waals surface area contributed by atoms with E-state index >= 15 is 0 Å². The Balaban J connectivity index is 2.11. The van der Waals surface area contributed by atoms with E-state index in [2.05, 4.69) is 20.4 Å². The molecular weight excluding hydrogens is 278 g/mol. The largest absolute Gasteiger partial charge is 0.480 e. The minimum atomic E-state index is -1.38. The van der Waals surface area contributed by atoms with E-state index in [1.54, 1.807) is 6.07 Å². The van der Waals surface area contributed by atoms with Gasteiger partial charge in [-0.3, -0.25) is 4.79 Å².